The third-order valence-electron chi connectivity index (χ3n) is 1.80. The highest BCUT2D eigenvalue weighted by Gasteiger charge is 2.03. The van der Waals surface area contributed by atoms with Gasteiger partial charge in [-0.15, -0.1) is 0 Å². The first kappa shape index (κ1) is 11.0. The van der Waals surface area contributed by atoms with Crippen LogP contribution in [0.15, 0.2) is 24.3 Å². The van der Waals surface area contributed by atoms with Crippen LogP contribution in [0.4, 0.5) is 5.69 Å². The number of anilines is 1. The number of hydrogen-bond acceptors (Lipinski definition) is 3. The first-order chi connectivity index (χ1) is 7.08. The van der Waals surface area contributed by atoms with E-state index in [2.05, 4.69) is 5.32 Å². The first-order valence-electron chi connectivity index (χ1n) is 4.47. The van der Waals surface area contributed by atoms with Crippen LogP contribution in [0.3, 0.4) is 0 Å². The number of amides is 2. The average molecular weight is 207 g/mol. The summed E-state index contributed by atoms with van der Waals surface area (Å²) >= 11 is 0. The molecule has 5 heteroatoms. The molecular formula is C10H13N3O2. The Balaban J connectivity index is 2.44. The molecule has 0 aliphatic rings. The van der Waals surface area contributed by atoms with E-state index in [-0.39, 0.29) is 18.9 Å². The zero-order valence-electron chi connectivity index (χ0n) is 8.19. The van der Waals surface area contributed by atoms with Crippen molar-refractivity contribution in [3.05, 3.63) is 29.8 Å². The van der Waals surface area contributed by atoms with Gasteiger partial charge < -0.3 is 16.8 Å². The standard InChI is InChI=1S/C10H13N3O2/c11-8-3-1-7(2-4-8)5-10(15)13-6-9(12)14/h1-4H,5-6,11H2,(H2,12,14)(H,13,15). The van der Waals surface area contributed by atoms with Gasteiger partial charge in [-0.3, -0.25) is 9.59 Å². The molecule has 0 bridgehead atoms. The summed E-state index contributed by atoms with van der Waals surface area (Å²) in [5.41, 5.74) is 11.9. The minimum absolute atomic E-state index is 0.131. The summed E-state index contributed by atoms with van der Waals surface area (Å²) in [6.45, 7) is -0.131. The number of hydrogen-bond donors (Lipinski definition) is 3. The molecule has 0 saturated heterocycles. The Morgan fingerprint density at radius 1 is 1.20 bits per heavy atom. The maximum absolute atomic E-state index is 11.3. The molecule has 5 nitrogen and oxygen atoms in total. The number of nitrogens with two attached hydrogens (primary N) is 2. The largest absolute Gasteiger partial charge is 0.399 e. The molecule has 0 aliphatic heterocycles. The molecule has 0 heterocycles. The molecule has 0 unspecified atom stereocenters. The summed E-state index contributed by atoms with van der Waals surface area (Å²) < 4.78 is 0. The highest BCUT2D eigenvalue weighted by molar-refractivity contribution is 5.84. The second-order valence-electron chi connectivity index (χ2n) is 3.16. The van der Waals surface area contributed by atoms with Crippen LogP contribution < -0.4 is 16.8 Å². The molecule has 1 aromatic carbocycles. The van der Waals surface area contributed by atoms with Gasteiger partial charge in [-0.05, 0) is 17.7 Å². The highest BCUT2D eigenvalue weighted by atomic mass is 16.2. The van der Waals surface area contributed by atoms with Crippen molar-refractivity contribution in [3.8, 4) is 0 Å². The molecule has 0 spiro atoms. The number of primary amides is 1. The summed E-state index contributed by atoms with van der Waals surface area (Å²) in [6, 6.07) is 6.96. The van der Waals surface area contributed by atoms with Gasteiger partial charge in [0, 0.05) is 5.69 Å². The Morgan fingerprint density at radius 2 is 1.80 bits per heavy atom. The van der Waals surface area contributed by atoms with Crippen LogP contribution in [0.25, 0.3) is 0 Å². The van der Waals surface area contributed by atoms with E-state index in [4.69, 9.17) is 11.5 Å². The topological polar surface area (TPSA) is 98.2 Å². The van der Waals surface area contributed by atoms with Crippen molar-refractivity contribution >= 4 is 17.5 Å². The van der Waals surface area contributed by atoms with Gasteiger partial charge in [0.15, 0.2) is 0 Å². The third-order valence-corrected chi connectivity index (χ3v) is 1.80. The predicted molar refractivity (Wildman–Crippen MR) is 56.8 cm³/mol. The van der Waals surface area contributed by atoms with Gasteiger partial charge in [0.05, 0.1) is 13.0 Å². The lowest BCUT2D eigenvalue weighted by atomic mass is 10.1. The molecule has 0 fully saturated rings. The van der Waals surface area contributed by atoms with Crippen LogP contribution >= 0.6 is 0 Å². The van der Waals surface area contributed by atoms with E-state index in [1.807, 2.05) is 0 Å². The van der Waals surface area contributed by atoms with Gasteiger partial charge in [-0.1, -0.05) is 12.1 Å². The third kappa shape index (κ3) is 4.12. The highest BCUT2D eigenvalue weighted by Crippen LogP contribution is 2.05. The number of benzene rings is 1. The maximum atomic E-state index is 11.3. The minimum atomic E-state index is -0.555. The Kier molecular flexibility index (Phi) is 3.68. The molecule has 0 saturated carbocycles. The van der Waals surface area contributed by atoms with Crippen molar-refractivity contribution < 1.29 is 9.59 Å². The lowest BCUT2D eigenvalue weighted by Gasteiger charge is -2.03. The second-order valence-corrected chi connectivity index (χ2v) is 3.16. The van der Waals surface area contributed by atoms with Crippen molar-refractivity contribution in [2.24, 2.45) is 5.73 Å². The van der Waals surface area contributed by atoms with Gasteiger partial charge in [0.25, 0.3) is 0 Å². The van der Waals surface area contributed by atoms with Crippen molar-refractivity contribution in [2.45, 2.75) is 6.42 Å². The molecule has 15 heavy (non-hydrogen) atoms. The normalized spacial score (nSPS) is 9.60. The fraction of sp³-hybridized carbons (Fsp3) is 0.200. The van der Waals surface area contributed by atoms with Gasteiger partial charge in [0.1, 0.15) is 0 Å². The van der Waals surface area contributed by atoms with Gasteiger partial charge >= 0.3 is 0 Å². The van der Waals surface area contributed by atoms with Crippen LogP contribution in [-0.4, -0.2) is 18.4 Å². The monoisotopic (exact) mass is 207 g/mol. The zero-order chi connectivity index (χ0) is 11.3. The molecule has 0 aromatic heterocycles. The minimum Gasteiger partial charge on any atom is -0.399 e. The van der Waals surface area contributed by atoms with Gasteiger partial charge in [-0.2, -0.15) is 0 Å². The van der Waals surface area contributed by atoms with Crippen LogP contribution in [0.1, 0.15) is 5.56 Å². The Bertz CT molecular complexity index is 359. The molecule has 1 rings (SSSR count). The number of nitrogens with one attached hydrogen (secondary N) is 1. The van der Waals surface area contributed by atoms with Crippen LogP contribution in [-0.2, 0) is 16.0 Å². The summed E-state index contributed by atoms with van der Waals surface area (Å²) in [4.78, 5) is 21.6. The molecule has 80 valence electrons. The fourth-order valence-corrected chi connectivity index (χ4v) is 1.07. The van der Waals surface area contributed by atoms with E-state index in [1.165, 1.54) is 0 Å². The Labute approximate surface area is 87.4 Å². The smallest absolute Gasteiger partial charge is 0.236 e. The second kappa shape index (κ2) is 4.99. The van der Waals surface area contributed by atoms with Crippen LogP contribution in [0.5, 0.6) is 0 Å². The first-order valence-corrected chi connectivity index (χ1v) is 4.47. The van der Waals surface area contributed by atoms with E-state index >= 15 is 0 Å². The molecule has 0 aliphatic carbocycles. The quantitative estimate of drug-likeness (QED) is 0.575. The average Bonchev–Trinajstić information content (AvgIpc) is 2.19. The molecular weight excluding hydrogens is 194 g/mol. The molecule has 2 amide bonds. The van der Waals surface area contributed by atoms with E-state index in [0.29, 0.717) is 5.69 Å². The summed E-state index contributed by atoms with van der Waals surface area (Å²) in [7, 11) is 0. The van der Waals surface area contributed by atoms with Crippen molar-refractivity contribution in [3.63, 3.8) is 0 Å². The van der Waals surface area contributed by atoms with Gasteiger partial charge in [0.2, 0.25) is 11.8 Å². The predicted octanol–water partition coefficient (Wildman–Crippen LogP) is -0.587. The van der Waals surface area contributed by atoms with Crippen LogP contribution in [0.2, 0.25) is 0 Å². The van der Waals surface area contributed by atoms with E-state index in [1.54, 1.807) is 24.3 Å². The lowest BCUT2D eigenvalue weighted by molar-refractivity contribution is -0.124. The van der Waals surface area contributed by atoms with E-state index in [0.717, 1.165) is 5.56 Å². The number of carbonyl (C=O) groups is 2. The summed E-state index contributed by atoms with van der Waals surface area (Å²) in [5, 5.41) is 2.40. The lowest BCUT2D eigenvalue weighted by Crippen LogP contribution is -2.34. The summed E-state index contributed by atoms with van der Waals surface area (Å²) in [5.74, 6) is -0.792. The summed E-state index contributed by atoms with van der Waals surface area (Å²) in [6.07, 6.45) is 0.216. The number of rotatable bonds is 4. The fourth-order valence-electron chi connectivity index (χ4n) is 1.07. The van der Waals surface area contributed by atoms with Crippen molar-refractivity contribution in [2.75, 3.05) is 12.3 Å². The van der Waals surface area contributed by atoms with E-state index in [9.17, 15) is 9.59 Å². The van der Waals surface area contributed by atoms with Crippen molar-refractivity contribution in [1.82, 2.24) is 5.32 Å². The molecule has 1 aromatic rings. The SMILES string of the molecule is NC(=O)CNC(=O)Cc1ccc(N)cc1. The Hall–Kier alpha value is -2.04. The van der Waals surface area contributed by atoms with Crippen molar-refractivity contribution in [1.29, 1.82) is 0 Å². The molecule has 5 N–H and O–H groups in total. The molecule has 0 radical (unpaired) electrons. The van der Waals surface area contributed by atoms with Gasteiger partial charge in [-0.25, -0.2) is 0 Å². The van der Waals surface area contributed by atoms with E-state index < -0.39 is 5.91 Å². The number of nitrogen functional groups attached to an aromatic ring is 1. The Morgan fingerprint density at radius 3 is 2.33 bits per heavy atom. The molecule has 0 atom stereocenters. The zero-order valence-corrected chi connectivity index (χ0v) is 8.19. The number of carbonyl (C=O) groups excluding carboxylic acids is 2. The maximum Gasteiger partial charge on any atom is 0.236 e. The van der Waals surface area contributed by atoms with Crippen LogP contribution in [0, 0.1) is 0 Å².